The van der Waals surface area contributed by atoms with Crippen LogP contribution in [0.1, 0.15) is 12.5 Å². The third kappa shape index (κ3) is 3.45. The SMILES string of the molecule is CC(=O)NCC#Cc1cc([N+](=O)[O-])c(O)cc1F. The zero-order chi connectivity index (χ0) is 13.7. The van der Waals surface area contributed by atoms with Crippen molar-refractivity contribution in [3.63, 3.8) is 0 Å². The van der Waals surface area contributed by atoms with Crippen LogP contribution in [0.5, 0.6) is 5.75 Å². The van der Waals surface area contributed by atoms with Gasteiger partial charge in [0.25, 0.3) is 0 Å². The van der Waals surface area contributed by atoms with Gasteiger partial charge in [0.2, 0.25) is 5.91 Å². The van der Waals surface area contributed by atoms with Crippen LogP contribution in [-0.2, 0) is 4.79 Å². The van der Waals surface area contributed by atoms with Crippen LogP contribution in [0.3, 0.4) is 0 Å². The predicted octanol–water partition coefficient (Wildman–Crippen LogP) is 0.927. The van der Waals surface area contributed by atoms with Gasteiger partial charge in [0, 0.05) is 19.1 Å². The summed E-state index contributed by atoms with van der Waals surface area (Å²) in [5.41, 5.74) is -0.843. The number of carbonyl (C=O) groups is 1. The Bertz CT molecular complexity index is 560. The molecule has 18 heavy (non-hydrogen) atoms. The number of phenolic OH excluding ortho intramolecular Hbond substituents is 1. The van der Waals surface area contributed by atoms with Gasteiger partial charge in [-0.3, -0.25) is 14.9 Å². The number of nitro groups is 1. The third-order valence-corrected chi connectivity index (χ3v) is 1.91. The Hall–Kier alpha value is -2.62. The maximum absolute atomic E-state index is 13.3. The van der Waals surface area contributed by atoms with E-state index in [1.807, 2.05) is 0 Å². The van der Waals surface area contributed by atoms with Crippen LogP contribution in [-0.4, -0.2) is 22.5 Å². The molecule has 0 unspecified atom stereocenters. The van der Waals surface area contributed by atoms with Crippen LogP contribution in [0, 0.1) is 27.8 Å². The first-order valence-corrected chi connectivity index (χ1v) is 4.82. The Labute approximate surface area is 102 Å². The van der Waals surface area contributed by atoms with Crippen molar-refractivity contribution in [2.24, 2.45) is 0 Å². The molecule has 1 aromatic carbocycles. The second-order valence-electron chi connectivity index (χ2n) is 3.29. The highest BCUT2D eigenvalue weighted by Gasteiger charge is 2.16. The summed E-state index contributed by atoms with van der Waals surface area (Å²) in [4.78, 5) is 20.2. The fourth-order valence-corrected chi connectivity index (χ4v) is 1.10. The number of hydrogen-bond acceptors (Lipinski definition) is 4. The van der Waals surface area contributed by atoms with E-state index >= 15 is 0 Å². The van der Waals surface area contributed by atoms with Gasteiger partial charge in [-0.15, -0.1) is 0 Å². The van der Waals surface area contributed by atoms with E-state index in [0.29, 0.717) is 6.07 Å². The first-order chi connectivity index (χ1) is 8.41. The number of rotatable bonds is 2. The van der Waals surface area contributed by atoms with Gasteiger partial charge in [-0.25, -0.2) is 4.39 Å². The van der Waals surface area contributed by atoms with E-state index in [1.165, 1.54) is 6.92 Å². The minimum absolute atomic E-state index is 0.00342. The summed E-state index contributed by atoms with van der Waals surface area (Å²) < 4.78 is 13.3. The molecule has 2 N–H and O–H groups in total. The van der Waals surface area contributed by atoms with E-state index in [4.69, 9.17) is 5.11 Å². The number of phenols is 1. The van der Waals surface area contributed by atoms with Crippen molar-refractivity contribution in [3.8, 4) is 17.6 Å². The monoisotopic (exact) mass is 252 g/mol. The van der Waals surface area contributed by atoms with Crippen molar-refractivity contribution in [2.45, 2.75) is 6.92 Å². The second kappa shape index (κ2) is 5.63. The highest BCUT2D eigenvalue weighted by Crippen LogP contribution is 2.28. The van der Waals surface area contributed by atoms with Crippen molar-refractivity contribution in [2.75, 3.05) is 6.54 Å². The lowest BCUT2D eigenvalue weighted by atomic mass is 10.2. The molecule has 0 radical (unpaired) electrons. The molecule has 0 spiro atoms. The molecular formula is C11H9FN2O4. The molecule has 0 aliphatic heterocycles. The molecule has 1 rings (SSSR count). The Morgan fingerprint density at radius 3 is 2.83 bits per heavy atom. The number of amides is 1. The lowest BCUT2D eigenvalue weighted by Crippen LogP contribution is -2.19. The van der Waals surface area contributed by atoms with Crippen LogP contribution in [0.25, 0.3) is 0 Å². The molecule has 0 aliphatic carbocycles. The number of nitrogens with zero attached hydrogens (tertiary/aromatic N) is 1. The van der Waals surface area contributed by atoms with Crippen LogP contribution in [0.15, 0.2) is 12.1 Å². The molecule has 6 nitrogen and oxygen atoms in total. The summed E-state index contributed by atoms with van der Waals surface area (Å²) in [6.45, 7) is 1.30. The van der Waals surface area contributed by atoms with Gasteiger partial charge in [0.15, 0.2) is 5.75 Å². The fourth-order valence-electron chi connectivity index (χ4n) is 1.10. The Morgan fingerprint density at radius 2 is 2.28 bits per heavy atom. The van der Waals surface area contributed by atoms with E-state index in [9.17, 15) is 19.3 Å². The van der Waals surface area contributed by atoms with Gasteiger partial charge < -0.3 is 10.4 Å². The molecular weight excluding hydrogens is 243 g/mol. The van der Waals surface area contributed by atoms with Gasteiger partial charge in [0.05, 0.1) is 17.0 Å². The lowest BCUT2D eigenvalue weighted by Gasteiger charge is -1.98. The zero-order valence-corrected chi connectivity index (χ0v) is 9.36. The Morgan fingerprint density at radius 1 is 1.61 bits per heavy atom. The first-order valence-electron chi connectivity index (χ1n) is 4.82. The lowest BCUT2D eigenvalue weighted by molar-refractivity contribution is -0.385. The summed E-state index contributed by atoms with van der Waals surface area (Å²) in [6.07, 6.45) is 0. The summed E-state index contributed by atoms with van der Waals surface area (Å²) in [6, 6.07) is 1.46. The van der Waals surface area contributed by atoms with E-state index in [-0.39, 0.29) is 18.0 Å². The molecule has 0 fully saturated rings. The molecule has 0 atom stereocenters. The van der Waals surface area contributed by atoms with Crippen LogP contribution in [0.2, 0.25) is 0 Å². The van der Waals surface area contributed by atoms with Crippen molar-refractivity contribution in [1.82, 2.24) is 5.32 Å². The predicted molar refractivity (Wildman–Crippen MR) is 60.3 cm³/mol. The van der Waals surface area contributed by atoms with E-state index in [0.717, 1.165) is 6.07 Å². The smallest absolute Gasteiger partial charge is 0.312 e. The van der Waals surface area contributed by atoms with E-state index in [1.54, 1.807) is 0 Å². The minimum Gasteiger partial charge on any atom is -0.502 e. The number of halogens is 1. The number of carbonyl (C=O) groups excluding carboxylic acids is 1. The summed E-state index contributed by atoms with van der Waals surface area (Å²) >= 11 is 0. The van der Waals surface area contributed by atoms with Crippen molar-refractivity contribution >= 4 is 11.6 Å². The number of benzene rings is 1. The Balaban J connectivity index is 2.98. The molecule has 7 heteroatoms. The molecule has 0 bridgehead atoms. The molecule has 1 aromatic rings. The highest BCUT2D eigenvalue weighted by molar-refractivity contribution is 5.73. The van der Waals surface area contributed by atoms with Crippen LogP contribution < -0.4 is 5.32 Å². The average Bonchev–Trinajstić information content (AvgIpc) is 2.25. The van der Waals surface area contributed by atoms with Crippen LogP contribution >= 0.6 is 0 Å². The molecule has 0 heterocycles. The largest absolute Gasteiger partial charge is 0.502 e. The van der Waals surface area contributed by atoms with Gasteiger partial charge in [0.1, 0.15) is 5.82 Å². The van der Waals surface area contributed by atoms with Gasteiger partial charge >= 0.3 is 5.69 Å². The molecule has 0 saturated carbocycles. The normalized spacial score (nSPS) is 9.22. The van der Waals surface area contributed by atoms with Gasteiger partial charge in [-0.2, -0.15) is 0 Å². The molecule has 0 aromatic heterocycles. The first kappa shape index (κ1) is 13.4. The number of nitro benzene ring substituents is 1. The minimum atomic E-state index is -0.867. The summed E-state index contributed by atoms with van der Waals surface area (Å²) in [7, 11) is 0. The average molecular weight is 252 g/mol. The number of nitrogens with one attached hydrogen (secondary N) is 1. The molecule has 0 saturated heterocycles. The zero-order valence-electron chi connectivity index (χ0n) is 9.36. The standard InChI is InChI=1S/C11H9FN2O4/c1-7(15)13-4-2-3-8-5-10(14(17)18)11(16)6-9(8)12/h5-6,16H,4H2,1H3,(H,13,15). The second-order valence-corrected chi connectivity index (χ2v) is 3.29. The van der Waals surface area contributed by atoms with Crippen molar-refractivity contribution < 1.29 is 19.2 Å². The number of aromatic hydroxyl groups is 1. The van der Waals surface area contributed by atoms with E-state index in [2.05, 4.69) is 17.2 Å². The fraction of sp³-hybridized carbons (Fsp3) is 0.182. The Kier molecular flexibility index (Phi) is 4.21. The quantitative estimate of drug-likeness (QED) is 0.465. The highest BCUT2D eigenvalue weighted by atomic mass is 19.1. The maximum atomic E-state index is 13.3. The van der Waals surface area contributed by atoms with Crippen LogP contribution in [0.4, 0.5) is 10.1 Å². The third-order valence-electron chi connectivity index (χ3n) is 1.91. The molecule has 1 amide bonds. The van der Waals surface area contributed by atoms with E-state index < -0.39 is 22.2 Å². The molecule has 94 valence electrons. The van der Waals surface area contributed by atoms with Gasteiger partial charge in [-0.1, -0.05) is 11.8 Å². The molecule has 0 aliphatic rings. The summed E-state index contributed by atoms with van der Waals surface area (Å²) in [5.74, 6) is 2.85. The van der Waals surface area contributed by atoms with Crippen molar-refractivity contribution in [1.29, 1.82) is 0 Å². The maximum Gasteiger partial charge on any atom is 0.312 e. The number of hydrogen-bond donors (Lipinski definition) is 2. The topological polar surface area (TPSA) is 92.5 Å². The van der Waals surface area contributed by atoms with Crippen molar-refractivity contribution in [3.05, 3.63) is 33.6 Å². The summed E-state index contributed by atoms with van der Waals surface area (Å²) in [5, 5.41) is 22.0. The van der Waals surface area contributed by atoms with Gasteiger partial charge in [-0.05, 0) is 0 Å².